The number of nitriles is 1. The first-order chi connectivity index (χ1) is 15.4. The fourth-order valence-corrected chi connectivity index (χ4v) is 5.69. The molecule has 1 aromatic rings. The van der Waals surface area contributed by atoms with Crippen LogP contribution in [0.4, 0.5) is 5.82 Å². The number of carbonyl (C=O) groups excluding carboxylic acids is 1. The van der Waals surface area contributed by atoms with Crippen molar-refractivity contribution in [2.45, 2.75) is 65.2 Å². The minimum atomic E-state index is -0.289. The van der Waals surface area contributed by atoms with Gasteiger partial charge in [0.2, 0.25) is 0 Å². The van der Waals surface area contributed by atoms with Gasteiger partial charge in [-0.05, 0) is 44.2 Å². The Morgan fingerprint density at radius 2 is 1.81 bits per heavy atom. The third-order valence-electron chi connectivity index (χ3n) is 6.26. The Kier molecular flexibility index (Phi) is 8.55. The Morgan fingerprint density at radius 3 is 2.47 bits per heavy atom. The van der Waals surface area contributed by atoms with E-state index < -0.39 is 0 Å². The van der Waals surface area contributed by atoms with Gasteiger partial charge in [-0.2, -0.15) is 5.26 Å². The molecule has 0 aromatic carbocycles. The molecule has 1 amide bonds. The molecule has 0 bridgehead atoms. The molecule has 0 saturated carbocycles. The molecule has 32 heavy (non-hydrogen) atoms. The van der Waals surface area contributed by atoms with E-state index in [1.807, 2.05) is 6.08 Å². The number of pyridine rings is 1. The molecule has 172 valence electrons. The van der Waals surface area contributed by atoms with Gasteiger partial charge in [-0.1, -0.05) is 56.6 Å². The summed E-state index contributed by atoms with van der Waals surface area (Å²) >= 11 is 6.82. The average Bonchev–Trinajstić information content (AvgIpc) is 3.05. The molecular formula is C24H32N4O2S2. The number of thioether (sulfide) groups is 1. The minimum absolute atomic E-state index is 0.0770. The van der Waals surface area contributed by atoms with Crippen molar-refractivity contribution in [3.8, 4) is 6.07 Å². The Labute approximate surface area is 200 Å². The largest absolute Gasteiger partial charge is 0.357 e. The van der Waals surface area contributed by atoms with Crippen LogP contribution in [0.2, 0.25) is 0 Å². The molecule has 0 unspecified atom stereocenters. The standard InChI is InChI=1S/C24H32N4O2S2/c1-4-5-6-7-11-14-28-23(30)20(32-24(28)31)15-18-17(2)19(16-25)22(29)26(3)21(18)27-12-9-8-10-13-27/h15H,4-14H2,1-3H3/b20-15+. The smallest absolute Gasteiger partial charge is 0.270 e. The summed E-state index contributed by atoms with van der Waals surface area (Å²) in [5, 5.41) is 9.61. The number of aromatic nitrogens is 1. The summed E-state index contributed by atoms with van der Waals surface area (Å²) in [4.78, 5) is 30.4. The highest BCUT2D eigenvalue weighted by Gasteiger charge is 2.32. The van der Waals surface area contributed by atoms with Crippen molar-refractivity contribution in [3.63, 3.8) is 0 Å². The van der Waals surface area contributed by atoms with Gasteiger partial charge in [-0.3, -0.25) is 19.1 Å². The summed E-state index contributed by atoms with van der Waals surface area (Å²) in [6.07, 6.45) is 10.7. The van der Waals surface area contributed by atoms with Crippen molar-refractivity contribution in [2.24, 2.45) is 7.05 Å². The SMILES string of the molecule is CCCCCCCN1C(=O)/C(=C\c2c(C)c(C#N)c(=O)n(C)c2N2CCCCC2)SC1=S. The van der Waals surface area contributed by atoms with Crippen molar-refractivity contribution in [3.05, 3.63) is 31.9 Å². The summed E-state index contributed by atoms with van der Waals surface area (Å²) in [5.41, 5.74) is 1.24. The first-order valence-corrected chi connectivity index (χ1v) is 12.8. The topological polar surface area (TPSA) is 69.3 Å². The number of amides is 1. The van der Waals surface area contributed by atoms with Crippen LogP contribution in [0.15, 0.2) is 9.70 Å². The Morgan fingerprint density at radius 1 is 1.12 bits per heavy atom. The second kappa shape index (κ2) is 11.2. The Balaban J connectivity index is 1.95. The van der Waals surface area contributed by atoms with Gasteiger partial charge in [0.15, 0.2) is 0 Å². The van der Waals surface area contributed by atoms with E-state index in [-0.39, 0.29) is 17.0 Å². The van der Waals surface area contributed by atoms with Crippen LogP contribution in [0, 0.1) is 18.3 Å². The molecule has 0 aliphatic carbocycles. The zero-order valence-corrected chi connectivity index (χ0v) is 20.9. The zero-order chi connectivity index (χ0) is 23.3. The van der Waals surface area contributed by atoms with Crippen molar-refractivity contribution in [2.75, 3.05) is 24.5 Å². The number of carbonyl (C=O) groups is 1. The van der Waals surface area contributed by atoms with Gasteiger partial charge in [-0.15, -0.1) is 0 Å². The molecule has 0 N–H and O–H groups in total. The lowest BCUT2D eigenvalue weighted by Crippen LogP contribution is -2.36. The highest BCUT2D eigenvalue weighted by molar-refractivity contribution is 8.26. The Hall–Kier alpha value is -2.11. The van der Waals surface area contributed by atoms with Crippen molar-refractivity contribution >= 4 is 46.1 Å². The molecule has 0 spiro atoms. The van der Waals surface area contributed by atoms with Crippen molar-refractivity contribution < 1.29 is 4.79 Å². The monoisotopic (exact) mass is 472 g/mol. The van der Waals surface area contributed by atoms with E-state index >= 15 is 0 Å². The quantitative estimate of drug-likeness (QED) is 0.310. The van der Waals surface area contributed by atoms with Crippen molar-refractivity contribution in [1.82, 2.24) is 9.47 Å². The summed E-state index contributed by atoms with van der Waals surface area (Å²) in [5.74, 6) is 0.711. The summed E-state index contributed by atoms with van der Waals surface area (Å²) < 4.78 is 2.15. The number of piperidine rings is 1. The number of hydrogen-bond donors (Lipinski definition) is 0. The van der Waals surface area contributed by atoms with E-state index in [1.54, 1.807) is 23.4 Å². The molecule has 2 aliphatic heterocycles. The lowest BCUT2D eigenvalue weighted by atomic mass is 10.0. The molecule has 0 radical (unpaired) electrons. The molecule has 2 saturated heterocycles. The van der Waals surface area contributed by atoms with E-state index in [0.29, 0.717) is 21.3 Å². The van der Waals surface area contributed by atoms with Gasteiger partial charge < -0.3 is 4.90 Å². The maximum absolute atomic E-state index is 13.1. The molecule has 3 heterocycles. The maximum Gasteiger partial charge on any atom is 0.270 e. The molecule has 8 heteroatoms. The third-order valence-corrected chi connectivity index (χ3v) is 7.64. The molecule has 2 aliphatic rings. The molecule has 0 atom stereocenters. The Bertz CT molecular complexity index is 1020. The predicted octanol–water partition coefficient (Wildman–Crippen LogP) is 4.73. The van der Waals surface area contributed by atoms with E-state index in [9.17, 15) is 14.9 Å². The minimum Gasteiger partial charge on any atom is -0.357 e. The molecule has 3 rings (SSSR count). The lowest BCUT2D eigenvalue weighted by molar-refractivity contribution is -0.122. The lowest BCUT2D eigenvalue weighted by Gasteiger charge is -2.32. The van der Waals surface area contributed by atoms with E-state index in [2.05, 4.69) is 17.9 Å². The van der Waals surface area contributed by atoms with Crippen LogP contribution in [-0.4, -0.2) is 39.3 Å². The summed E-state index contributed by atoms with van der Waals surface area (Å²) in [6.45, 7) is 6.34. The van der Waals surface area contributed by atoms with Gasteiger partial charge in [0.1, 0.15) is 21.8 Å². The molecule has 1 aromatic heterocycles. The molecule has 2 fully saturated rings. The first-order valence-electron chi connectivity index (χ1n) is 11.5. The van der Waals surface area contributed by atoms with E-state index in [1.165, 1.54) is 37.4 Å². The maximum atomic E-state index is 13.1. The zero-order valence-electron chi connectivity index (χ0n) is 19.3. The van der Waals surface area contributed by atoms with Crippen LogP contribution in [-0.2, 0) is 11.8 Å². The van der Waals surface area contributed by atoms with Gasteiger partial charge in [0, 0.05) is 32.2 Å². The van der Waals surface area contributed by atoms with E-state index in [4.69, 9.17) is 12.2 Å². The van der Waals surface area contributed by atoms with Gasteiger partial charge in [-0.25, -0.2) is 0 Å². The summed E-state index contributed by atoms with van der Waals surface area (Å²) in [6, 6.07) is 2.06. The fraction of sp³-hybridized carbons (Fsp3) is 0.583. The summed E-state index contributed by atoms with van der Waals surface area (Å²) in [7, 11) is 1.71. The van der Waals surface area contributed by atoms with Crippen LogP contribution in [0.5, 0.6) is 0 Å². The highest BCUT2D eigenvalue weighted by atomic mass is 32.2. The van der Waals surface area contributed by atoms with Gasteiger partial charge >= 0.3 is 0 Å². The third kappa shape index (κ3) is 5.10. The van der Waals surface area contributed by atoms with Gasteiger partial charge in [0.25, 0.3) is 11.5 Å². The normalized spacial score (nSPS) is 18.0. The first kappa shape index (κ1) is 24.5. The van der Waals surface area contributed by atoms with Crippen LogP contribution in [0.1, 0.15) is 75.0 Å². The van der Waals surface area contributed by atoms with Gasteiger partial charge in [0.05, 0.1) is 4.91 Å². The second-order valence-electron chi connectivity index (χ2n) is 8.51. The average molecular weight is 473 g/mol. The van der Waals surface area contributed by atoms with Crippen LogP contribution >= 0.6 is 24.0 Å². The van der Waals surface area contributed by atoms with E-state index in [0.717, 1.165) is 50.2 Å². The number of rotatable bonds is 8. The number of thiocarbonyl (C=S) groups is 1. The van der Waals surface area contributed by atoms with Crippen molar-refractivity contribution in [1.29, 1.82) is 5.26 Å². The molecule has 6 nitrogen and oxygen atoms in total. The van der Waals surface area contributed by atoms with Crippen LogP contribution in [0.3, 0.4) is 0 Å². The number of hydrogen-bond acceptors (Lipinski definition) is 6. The number of nitrogens with zero attached hydrogens (tertiary/aromatic N) is 4. The number of anilines is 1. The highest BCUT2D eigenvalue weighted by Crippen LogP contribution is 2.36. The van der Waals surface area contributed by atoms with Crippen LogP contribution in [0.25, 0.3) is 6.08 Å². The fourth-order valence-electron chi connectivity index (χ4n) is 4.40. The predicted molar refractivity (Wildman–Crippen MR) is 136 cm³/mol. The molecular weight excluding hydrogens is 440 g/mol. The second-order valence-corrected chi connectivity index (χ2v) is 10.2. The van der Waals surface area contributed by atoms with Crippen LogP contribution < -0.4 is 10.5 Å². The number of unbranched alkanes of at least 4 members (excludes halogenated alkanes) is 4.